The molecule has 5 nitrogen and oxygen atoms in total. The monoisotopic (exact) mass is 336 g/mol. The lowest BCUT2D eigenvalue weighted by molar-refractivity contribution is -0.120. The van der Waals surface area contributed by atoms with Crippen LogP contribution in [-0.2, 0) is 4.79 Å². The van der Waals surface area contributed by atoms with Crippen LogP contribution >= 0.6 is 0 Å². The number of hydrogen-bond donors (Lipinski definition) is 1. The van der Waals surface area contributed by atoms with E-state index in [1.807, 2.05) is 32.0 Å². The number of imide groups is 1. The van der Waals surface area contributed by atoms with E-state index in [2.05, 4.69) is 5.32 Å². The lowest BCUT2D eigenvalue weighted by Crippen LogP contribution is -2.47. The van der Waals surface area contributed by atoms with Gasteiger partial charge in [-0.3, -0.25) is 19.3 Å². The second-order valence-electron chi connectivity index (χ2n) is 6.21. The second kappa shape index (κ2) is 6.51. The summed E-state index contributed by atoms with van der Waals surface area (Å²) in [6, 6.07) is 11.6. The first-order valence-corrected chi connectivity index (χ1v) is 8.29. The van der Waals surface area contributed by atoms with E-state index >= 15 is 0 Å². The number of benzene rings is 2. The first-order chi connectivity index (χ1) is 12.0. The molecular weight excluding hydrogens is 316 g/mol. The first-order valence-electron chi connectivity index (χ1n) is 8.29. The molecule has 25 heavy (non-hydrogen) atoms. The van der Waals surface area contributed by atoms with Crippen molar-refractivity contribution in [2.24, 2.45) is 0 Å². The molecule has 0 aliphatic carbocycles. The van der Waals surface area contributed by atoms with Gasteiger partial charge in [-0.25, -0.2) is 0 Å². The van der Waals surface area contributed by atoms with Gasteiger partial charge in [0.2, 0.25) is 5.91 Å². The minimum absolute atomic E-state index is 0.349. The Labute approximate surface area is 146 Å². The van der Waals surface area contributed by atoms with Crippen LogP contribution in [0.3, 0.4) is 0 Å². The number of nitrogens with one attached hydrogen (secondary N) is 1. The van der Waals surface area contributed by atoms with Crippen LogP contribution in [0.5, 0.6) is 0 Å². The lowest BCUT2D eigenvalue weighted by atomic mass is 10.1. The van der Waals surface area contributed by atoms with Gasteiger partial charge in [0, 0.05) is 5.69 Å². The molecule has 0 fully saturated rings. The number of fused-ring (bicyclic) bond motifs is 1. The number of anilines is 1. The zero-order chi connectivity index (χ0) is 18.1. The number of hydrogen-bond acceptors (Lipinski definition) is 3. The summed E-state index contributed by atoms with van der Waals surface area (Å²) in [7, 11) is 0. The van der Waals surface area contributed by atoms with E-state index in [1.165, 1.54) is 0 Å². The molecule has 2 aromatic carbocycles. The third-order valence-electron chi connectivity index (χ3n) is 4.56. The zero-order valence-corrected chi connectivity index (χ0v) is 14.5. The van der Waals surface area contributed by atoms with Crippen molar-refractivity contribution in [1.29, 1.82) is 0 Å². The molecule has 5 heteroatoms. The molecule has 0 saturated carbocycles. The van der Waals surface area contributed by atoms with Crippen LogP contribution in [0.25, 0.3) is 0 Å². The summed E-state index contributed by atoms with van der Waals surface area (Å²) < 4.78 is 0. The van der Waals surface area contributed by atoms with Crippen LogP contribution < -0.4 is 5.32 Å². The largest absolute Gasteiger partial charge is 0.324 e. The van der Waals surface area contributed by atoms with Gasteiger partial charge in [-0.1, -0.05) is 37.3 Å². The third kappa shape index (κ3) is 2.82. The predicted molar refractivity (Wildman–Crippen MR) is 95.6 cm³/mol. The average molecular weight is 336 g/mol. The van der Waals surface area contributed by atoms with Crippen molar-refractivity contribution in [3.8, 4) is 0 Å². The average Bonchev–Trinajstić information content (AvgIpc) is 2.85. The highest BCUT2D eigenvalue weighted by atomic mass is 16.2. The van der Waals surface area contributed by atoms with Gasteiger partial charge in [0.25, 0.3) is 11.8 Å². The maximum Gasteiger partial charge on any atom is 0.262 e. The van der Waals surface area contributed by atoms with Crippen LogP contribution in [0, 0.1) is 13.8 Å². The standard InChI is InChI=1S/C20H20N2O3/c1-4-16(18(23)21-17-12(2)8-7-9-13(17)3)22-19(24)14-10-5-6-11-15(14)20(22)25/h5-11,16H,4H2,1-3H3,(H,21,23). The highest BCUT2D eigenvalue weighted by Crippen LogP contribution is 2.27. The SMILES string of the molecule is CCC(C(=O)Nc1c(C)cccc1C)N1C(=O)c2ccccc2C1=O. The van der Waals surface area contributed by atoms with Crippen molar-refractivity contribution in [2.75, 3.05) is 5.32 Å². The fourth-order valence-electron chi connectivity index (χ4n) is 3.19. The molecule has 0 bridgehead atoms. The zero-order valence-electron chi connectivity index (χ0n) is 14.5. The molecular formula is C20H20N2O3. The summed E-state index contributed by atoms with van der Waals surface area (Å²) in [5.74, 6) is -1.18. The highest BCUT2D eigenvalue weighted by molar-refractivity contribution is 6.23. The van der Waals surface area contributed by atoms with Crippen molar-refractivity contribution in [1.82, 2.24) is 4.90 Å². The van der Waals surface area contributed by atoms with Gasteiger partial charge in [-0.05, 0) is 43.5 Å². The quantitative estimate of drug-likeness (QED) is 0.871. The molecule has 0 aromatic heterocycles. The minimum atomic E-state index is -0.841. The van der Waals surface area contributed by atoms with E-state index in [0.29, 0.717) is 17.5 Å². The summed E-state index contributed by atoms with van der Waals surface area (Å²) in [6.45, 7) is 5.61. The molecule has 2 aromatic rings. The molecule has 0 spiro atoms. The van der Waals surface area contributed by atoms with E-state index in [1.54, 1.807) is 31.2 Å². The summed E-state index contributed by atoms with van der Waals surface area (Å²) in [5.41, 5.74) is 3.30. The third-order valence-corrected chi connectivity index (χ3v) is 4.56. The Balaban J connectivity index is 1.90. The number of amides is 3. The number of para-hydroxylation sites is 1. The van der Waals surface area contributed by atoms with Crippen LogP contribution in [0.4, 0.5) is 5.69 Å². The molecule has 1 aliphatic rings. The lowest BCUT2D eigenvalue weighted by Gasteiger charge is -2.25. The van der Waals surface area contributed by atoms with Crippen molar-refractivity contribution in [3.63, 3.8) is 0 Å². The Morgan fingerprint density at radius 2 is 1.48 bits per heavy atom. The normalized spacial score (nSPS) is 14.4. The molecule has 1 N–H and O–H groups in total. The fraction of sp³-hybridized carbons (Fsp3) is 0.250. The molecule has 3 amide bonds. The van der Waals surface area contributed by atoms with Gasteiger partial charge < -0.3 is 5.32 Å². The smallest absolute Gasteiger partial charge is 0.262 e. The molecule has 1 atom stereocenters. The van der Waals surface area contributed by atoms with Gasteiger partial charge in [0.05, 0.1) is 11.1 Å². The summed E-state index contributed by atoms with van der Waals surface area (Å²) in [5, 5.41) is 2.89. The maximum atomic E-state index is 12.8. The van der Waals surface area contributed by atoms with Gasteiger partial charge in [-0.2, -0.15) is 0 Å². The number of carbonyl (C=O) groups excluding carboxylic acids is 3. The summed E-state index contributed by atoms with van der Waals surface area (Å²) in [4.78, 5) is 39.1. The molecule has 128 valence electrons. The molecule has 1 unspecified atom stereocenters. The van der Waals surface area contributed by atoms with Crippen molar-refractivity contribution < 1.29 is 14.4 Å². The van der Waals surface area contributed by atoms with E-state index in [-0.39, 0.29) is 5.91 Å². The van der Waals surface area contributed by atoms with Crippen LogP contribution in [-0.4, -0.2) is 28.7 Å². The molecule has 1 aliphatic heterocycles. The Morgan fingerprint density at radius 1 is 0.960 bits per heavy atom. The Hall–Kier alpha value is -2.95. The minimum Gasteiger partial charge on any atom is -0.324 e. The van der Waals surface area contributed by atoms with Crippen molar-refractivity contribution >= 4 is 23.4 Å². The van der Waals surface area contributed by atoms with Crippen LogP contribution in [0.15, 0.2) is 42.5 Å². The van der Waals surface area contributed by atoms with Crippen LogP contribution in [0.2, 0.25) is 0 Å². The Morgan fingerprint density at radius 3 is 1.96 bits per heavy atom. The van der Waals surface area contributed by atoms with Crippen molar-refractivity contribution in [2.45, 2.75) is 33.2 Å². The summed E-state index contributed by atoms with van der Waals surface area (Å²) in [6.07, 6.45) is 0.349. The van der Waals surface area contributed by atoms with E-state index < -0.39 is 17.9 Å². The predicted octanol–water partition coefficient (Wildman–Crippen LogP) is 3.32. The van der Waals surface area contributed by atoms with E-state index in [4.69, 9.17) is 0 Å². The topological polar surface area (TPSA) is 66.5 Å². The maximum absolute atomic E-state index is 12.8. The number of aryl methyl sites for hydroxylation is 2. The Bertz CT molecular complexity index is 818. The second-order valence-corrected chi connectivity index (χ2v) is 6.21. The number of carbonyl (C=O) groups is 3. The Kier molecular flexibility index (Phi) is 4.40. The molecule has 3 rings (SSSR count). The van der Waals surface area contributed by atoms with Gasteiger partial charge >= 0.3 is 0 Å². The van der Waals surface area contributed by atoms with E-state index in [0.717, 1.165) is 21.7 Å². The number of rotatable bonds is 4. The molecule has 0 radical (unpaired) electrons. The fourth-order valence-corrected chi connectivity index (χ4v) is 3.19. The summed E-state index contributed by atoms with van der Waals surface area (Å²) >= 11 is 0. The van der Waals surface area contributed by atoms with Gasteiger partial charge in [-0.15, -0.1) is 0 Å². The highest BCUT2D eigenvalue weighted by Gasteiger charge is 2.41. The van der Waals surface area contributed by atoms with Gasteiger partial charge in [0.15, 0.2) is 0 Å². The molecule has 1 heterocycles. The number of nitrogens with zero attached hydrogens (tertiary/aromatic N) is 1. The van der Waals surface area contributed by atoms with Crippen molar-refractivity contribution in [3.05, 3.63) is 64.7 Å². The first kappa shape index (κ1) is 16.9. The van der Waals surface area contributed by atoms with Crippen LogP contribution in [0.1, 0.15) is 45.2 Å². The van der Waals surface area contributed by atoms with Gasteiger partial charge in [0.1, 0.15) is 6.04 Å². The molecule has 0 saturated heterocycles. The van der Waals surface area contributed by atoms with E-state index in [9.17, 15) is 14.4 Å².